The second-order valence-electron chi connectivity index (χ2n) is 5.24. The molecule has 0 aliphatic carbocycles. The summed E-state index contributed by atoms with van der Waals surface area (Å²) >= 11 is 0. The van der Waals surface area contributed by atoms with E-state index in [1.807, 2.05) is 24.3 Å². The summed E-state index contributed by atoms with van der Waals surface area (Å²) in [5.41, 5.74) is 1.92. The summed E-state index contributed by atoms with van der Waals surface area (Å²) in [6.07, 6.45) is 0.974. The lowest BCUT2D eigenvalue weighted by Gasteiger charge is -2.10. The summed E-state index contributed by atoms with van der Waals surface area (Å²) in [6, 6.07) is 7.01. The molecule has 2 aromatic rings. The lowest BCUT2D eigenvalue weighted by Crippen LogP contribution is -2.23. The van der Waals surface area contributed by atoms with Gasteiger partial charge in [-0.05, 0) is 31.0 Å². The van der Waals surface area contributed by atoms with Crippen LogP contribution in [0.1, 0.15) is 30.8 Å². The second-order valence-corrected chi connectivity index (χ2v) is 5.24. The monoisotopic (exact) mass is 299 g/mol. The van der Waals surface area contributed by atoms with Gasteiger partial charge in [-0.15, -0.1) is 0 Å². The third kappa shape index (κ3) is 2.69. The third-order valence-electron chi connectivity index (χ3n) is 3.59. The molecule has 1 aliphatic heterocycles. The molecule has 7 heteroatoms. The normalized spacial score (nSPS) is 16.3. The van der Waals surface area contributed by atoms with Gasteiger partial charge in [0.1, 0.15) is 11.9 Å². The number of hydrogen-bond donors (Lipinski definition) is 2. The minimum absolute atomic E-state index is 0.0250. The molecule has 1 atom stereocenters. The van der Waals surface area contributed by atoms with Crippen molar-refractivity contribution in [3.05, 3.63) is 35.7 Å². The number of amides is 2. The molecular weight excluding hydrogens is 282 g/mol. The average molecular weight is 299 g/mol. The van der Waals surface area contributed by atoms with E-state index < -0.39 is 6.04 Å². The average Bonchev–Trinajstić information content (AvgIpc) is 2.97. The van der Waals surface area contributed by atoms with Crippen LogP contribution in [0.4, 0.5) is 11.6 Å². The molecule has 1 aromatic heterocycles. The summed E-state index contributed by atoms with van der Waals surface area (Å²) in [7, 11) is 0. The van der Waals surface area contributed by atoms with Crippen molar-refractivity contribution in [1.29, 1.82) is 0 Å². The van der Waals surface area contributed by atoms with Crippen LogP contribution in [0.3, 0.4) is 0 Å². The van der Waals surface area contributed by atoms with Crippen molar-refractivity contribution in [2.24, 2.45) is 0 Å². The fourth-order valence-corrected chi connectivity index (χ4v) is 2.43. The van der Waals surface area contributed by atoms with Crippen LogP contribution in [0.25, 0.3) is 0 Å². The zero-order valence-electron chi connectivity index (χ0n) is 12.5. The Kier molecular flexibility index (Phi) is 3.62. The zero-order chi connectivity index (χ0) is 15.7. The van der Waals surface area contributed by atoms with Crippen molar-refractivity contribution < 1.29 is 9.59 Å². The molecule has 2 heterocycles. The molecule has 0 spiro atoms. The molecule has 0 fully saturated rings. The molecule has 0 unspecified atom stereocenters. The van der Waals surface area contributed by atoms with Gasteiger partial charge in [0, 0.05) is 5.69 Å². The Morgan fingerprint density at radius 2 is 2.09 bits per heavy atom. The Balaban J connectivity index is 1.67. The van der Waals surface area contributed by atoms with E-state index in [0.717, 1.165) is 12.1 Å². The molecule has 114 valence electrons. The number of benzene rings is 1. The van der Waals surface area contributed by atoms with Crippen LogP contribution in [0.5, 0.6) is 0 Å². The maximum atomic E-state index is 12.1. The van der Waals surface area contributed by atoms with Crippen molar-refractivity contribution in [3.8, 4) is 0 Å². The number of nitrogens with zero attached hydrogens (tertiary/aromatic N) is 3. The van der Waals surface area contributed by atoms with Crippen LogP contribution >= 0.6 is 0 Å². The maximum absolute atomic E-state index is 12.1. The van der Waals surface area contributed by atoms with Crippen LogP contribution in [0, 0.1) is 6.92 Å². The van der Waals surface area contributed by atoms with Crippen LogP contribution < -0.4 is 10.6 Å². The van der Waals surface area contributed by atoms with Crippen molar-refractivity contribution in [3.63, 3.8) is 0 Å². The molecule has 2 amide bonds. The molecule has 2 N–H and O–H groups in total. The summed E-state index contributed by atoms with van der Waals surface area (Å²) in [5, 5.41) is 9.57. The van der Waals surface area contributed by atoms with Gasteiger partial charge in [-0.3, -0.25) is 14.9 Å². The highest BCUT2D eigenvalue weighted by molar-refractivity contribution is 6.00. The van der Waals surface area contributed by atoms with Gasteiger partial charge >= 0.3 is 0 Å². The number of aryl methyl sites for hydroxylation is 2. The Morgan fingerprint density at radius 3 is 2.77 bits per heavy atom. The fraction of sp³-hybridized carbons (Fsp3) is 0.333. The number of aromatic nitrogens is 3. The SMILES string of the molecule is CCc1ccc(NC(=O)C[C@H]2C(=O)Nc3nc(C)nn32)cc1. The van der Waals surface area contributed by atoms with E-state index >= 15 is 0 Å². The molecule has 0 radical (unpaired) electrons. The first-order valence-corrected chi connectivity index (χ1v) is 7.19. The number of hydrogen-bond acceptors (Lipinski definition) is 4. The predicted octanol–water partition coefficient (Wildman–Crippen LogP) is 1.67. The summed E-state index contributed by atoms with van der Waals surface area (Å²) in [5.74, 6) is 0.472. The first-order chi connectivity index (χ1) is 10.6. The topological polar surface area (TPSA) is 88.9 Å². The van der Waals surface area contributed by atoms with Gasteiger partial charge in [-0.25, -0.2) is 4.68 Å². The summed E-state index contributed by atoms with van der Waals surface area (Å²) in [4.78, 5) is 28.1. The van der Waals surface area contributed by atoms with Gasteiger partial charge in [0.25, 0.3) is 5.91 Å². The lowest BCUT2D eigenvalue weighted by atomic mass is 10.1. The van der Waals surface area contributed by atoms with Crippen molar-refractivity contribution in [1.82, 2.24) is 14.8 Å². The smallest absolute Gasteiger partial charge is 0.252 e. The lowest BCUT2D eigenvalue weighted by molar-refractivity contribution is -0.123. The van der Waals surface area contributed by atoms with E-state index in [-0.39, 0.29) is 18.2 Å². The Bertz CT molecular complexity index is 720. The van der Waals surface area contributed by atoms with E-state index in [1.165, 1.54) is 10.2 Å². The summed E-state index contributed by atoms with van der Waals surface area (Å²) < 4.78 is 1.47. The molecular formula is C15H17N5O2. The highest BCUT2D eigenvalue weighted by Gasteiger charge is 2.34. The number of anilines is 2. The van der Waals surface area contributed by atoms with Crippen LogP contribution in [-0.4, -0.2) is 26.6 Å². The first-order valence-electron chi connectivity index (χ1n) is 7.19. The first kappa shape index (κ1) is 14.2. The van der Waals surface area contributed by atoms with E-state index in [1.54, 1.807) is 6.92 Å². The predicted molar refractivity (Wildman–Crippen MR) is 81.5 cm³/mol. The molecule has 0 bridgehead atoms. The molecule has 22 heavy (non-hydrogen) atoms. The van der Waals surface area contributed by atoms with Gasteiger partial charge < -0.3 is 5.32 Å². The molecule has 1 aromatic carbocycles. The van der Waals surface area contributed by atoms with Gasteiger partial charge in [-0.2, -0.15) is 10.1 Å². The molecule has 0 saturated carbocycles. The number of nitrogens with one attached hydrogen (secondary N) is 2. The maximum Gasteiger partial charge on any atom is 0.252 e. The van der Waals surface area contributed by atoms with Gasteiger partial charge in [0.15, 0.2) is 0 Å². The van der Waals surface area contributed by atoms with Crippen LogP contribution in [-0.2, 0) is 16.0 Å². The quantitative estimate of drug-likeness (QED) is 0.898. The van der Waals surface area contributed by atoms with E-state index in [0.29, 0.717) is 11.8 Å². The van der Waals surface area contributed by atoms with Gasteiger partial charge in [0.05, 0.1) is 6.42 Å². The van der Waals surface area contributed by atoms with Gasteiger partial charge in [0.2, 0.25) is 11.9 Å². The Hall–Kier alpha value is -2.70. The summed E-state index contributed by atoms with van der Waals surface area (Å²) in [6.45, 7) is 3.81. The van der Waals surface area contributed by atoms with Gasteiger partial charge in [-0.1, -0.05) is 19.1 Å². The third-order valence-corrected chi connectivity index (χ3v) is 3.59. The standard InChI is InChI=1S/C15H17N5O2/c1-3-10-4-6-11(7-5-10)17-13(21)8-12-14(22)18-15-16-9(2)19-20(12)15/h4-7,12H,3,8H2,1-2H3,(H,17,21)(H,16,18,19,22)/t12-/m0/s1. The minimum atomic E-state index is -0.647. The van der Waals surface area contributed by atoms with E-state index in [2.05, 4.69) is 27.6 Å². The molecule has 0 saturated heterocycles. The second kappa shape index (κ2) is 5.59. The molecule has 1 aliphatic rings. The Labute approximate surface area is 127 Å². The largest absolute Gasteiger partial charge is 0.326 e. The number of carbonyl (C=O) groups is 2. The highest BCUT2D eigenvalue weighted by Crippen LogP contribution is 2.25. The van der Waals surface area contributed by atoms with Crippen molar-refractivity contribution >= 4 is 23.5 Å². The molecule has 7 nitrogen and oxygen atoms in total. The van der Waals surface area contributed by atoms with Crippen molar-refractivity contribution in [2.45, 2.75) is 32.7 Å². The van der Waals surface area contributed by atoms with Crippen LogP contribution in [0.15, 0.2) is 24.3 Å². The van der Waals surface area contributed by atoms with E-state index in [9.17, 15) is 9.59 Å². The molecule has 3 rings (SSSR count). The fourth-order valence-electron chi connectivity index (χ4n) is 2.43. The Morgan fingerprint density at radius 1 is 1.36 bits per heavy atom. The van der Waals surface area contributed by atoms with E-state index in [4.69, 9.17) is 0 Å². The van der Waals surface area contributed by atoms with Crippen LogP contribution in [0.2, 0.25) is 0 Å². The number of fused-ring (bicyclic) bond motifs is 1. The minimum Gasteiger partial charge on any atom is -0.326 e. The van der Waals surface area contributed by atoms with Crippen molar-refractivity contribution in [2.75, 3.05) is 10.6 Å². The number of rotatable bonds is 4. The number of carbonyl (C=O) groups excluding carboxylic acids is 2. The zero-order valence-corrected chi connectivity index (χ0v) is 12.5. The highest BCUT2D eigenvalue weighted by atomic mass is 16.2.